The Morgan fingerprint density at radius 1 is 0.852 bits per heavy atom. The summed E-state index contributed by atoms with van der Waals surface area (Å²) in [5.41, 5.74) is 4.20. The summed E-state index contributed by atoms with van der Waals surface area (Å²) in [7, 11) is 6.56. The molecule has 27 heavy (non-hydrogen) atoms. The van der Waals surface area contributed by atoms with Crippen molar-refractivity contribution in [3.8, 4) is 23.0 Å². The standard InChI is InChI=1S/C20H21Br2NO4/c1-24-16-8-11(13(21)9-17(16)25-2)7-15-19-12(5-6-23-15)14(22)10-18(26-3)20(19)27-4/h8-10H,5-7H2,1-4H3. The highest BCUT2D eigenvalue weighted by Crippen LogP contribution is 2.41. The third-order valence-electron chi connectivity index (χ3n) is 4.59. The van der Waals surface area contributed by atoms with Crippen LogP contribution in [0.3, 0.4) is 0 Å². The van der Waals surface area contributed by atoms with E-state index >= 15 is 0 Å². The number of rotatable bonds is 6. The zero-order valence-corrected chi connectivity index (χ0v) is 18.9. The lowest BCUT2D eigenvalue weighted by Gasteiger charge is -2.23. The van der Waals surface area contributed by atoms with Crippen molar-refractivity contribution in [2.45, 2.75) is 12.8 Å². The van der Waals surface area contributed by atoms with E-state index in [1.807, 2.05) is 18.2 Å². The molecule has 0 aromatic heterocycles. The molecular weight excluding hydrogens is 478 g/mol. The van der Waals surface area contributed by atoms with Crippen LogP contribution in [0, 0.1) is 0 Å². The maximum atomic E-state index is 5.69. The van der Waals surface area contributed by atoms with Gasteiger partial charge in [-0.05, 0) is 35.7 Å². The molecule has 0 aliphatic carbocycles. The third kappa shape index (κ3) is 3.80. The van der Waals surface area contributed by atoms with Crippen LogP contribution in [0.2, 0.25) is 0 Å². The predicted molar refractivity (Wildman–Crippen MR) is 113 cm³/mol. The SMILES string of the molecule is COc1cc(Br)c(CC2=NCCc3c(Br)cc(OC)c(OC)c32)cc1OC. The first-order valence-corrected chi connectivity index (χ1v) is 10.00. The Morgan fingerprint density at radius 3 is 2.11 bits per heavy atom. The van der Waals surface area contributed by atoms with E-state index in [1.54, 1.807) is 28.4 Å². The van der Waals surface area contributed by atoms with Crippen LogP contribution in [0.5, 0.6) is 23.0 Å². The molecule has 0 fully saturated rings. The van der Waals surface area contributed by atoms with Gasteiger partial charge in [-0.2, -0.15) is 0 Å². The average molecular weight is 499 g/mol. The topological polar surface area (TPSA) is 49.3 Å². The zero-order chi connectivity index (χ0) is 19.6. The number of methoxy groups -OCH3 is 4. The maximum Gasteiger partial charge on any atom is 0.170 e. The molecule has 1 aliphatic rings. The van der Waals surface area contributed by atoms with Gasteiger partial charge in [-0.3, -0.25) is 4.99 Å². The molecule has 0 saturated heterocycles. The number of hydrogen-bond acceptors (Lipinski definition) is 5. The second-order valence-electron chi connectivity index (χ2n) is 6.00. The number of nitrogens with zero attached hydrogens (tertiary/aromatic N) is 1. The molecule has 0 bridgehead atoms. The minimum atomic E-state index is 0.629. The van der Waals surface area contributed by atoms with Gasteiger partial charge in [0.25, 0.3) is 0 Å². The summed E-state index contributed by atoms with van der Waals surface area (Å²) < 4.78 is 24.0. The van der Waals surface area contributed by atoms with Crippen molar-refractivity contribution < 1.29 is 18.9 Å². The Morgan fingerprint density at radius 2 is 1.48 bits per heavy atom. The molecule has 0 atom stereocenters. The Labute approximate surface area is 175 Å². The molecule has 0 saturated carbocycles. The summed E-state index contributed by atoms with van der Waals surface area (Å²) in [5, 5.41) is 0. The van der Waals surface area contributed by atoms with Crippen LogP contribution in [-0.2, 0) is 12.8 Å². The van der Waals surface area contributed by atoms with E-state index in [4.69, 9.17) is 23.9 Å². The Kier molecular flexibility index (Phi) is 6.32. The van der Waals surface area contributed by atoms with Crippen LogP contribution in [0.25, 0.3) is 0 Å². The van der Waals surface area contributed by atoms with Crippen molar-refractivity contribution >= 4 is 37.6 Å². The smallest absolute Gasteiger partial charge is 0.170 e. The molecule has 1 aliphatic heterocycles. The molecule has 1 heterocycles. The largest absolute Gasteiger partial charge is 0.493 e. The second-order valence-corrected chi connectivity index (χ2v) is 7.71. The number of fused-ring (bicyclic) bond motifs is 1. The first kappa shape index (κ1) is 20.0. The number of hydrogen-bond donors (Lipinski definition) is 0. The lowest BCUT2D eigenvalue weighted by molar-refractivity contribution is 0.353. The zero-order valence-electron chi connectivity index (χ0n) is 15.7. The monoisotopic (exact) mass is 497 g/mol. The molecule has 2 aromatic rings. The molecule has 0 radical (unpaired) electrons. The van der Waals surface area contributed by atoms with Gasteiger partial charge in [0.05, 0.1) is 34.2 Å². The van der Waals surface area contributed by atoms with Gasteiger partial charge in [0.1, 0.15) is 0 Å². The molecule has 0 unspecified atom stereocenters. The van der Waals surface area contributed by atoms with Gasteiger partial charge >= 0.3 is 0 Å². The summed E-state index contributed by atoms with van der Waals surface area (Å²) >= 11 is 7.31. The molecule has 2 aromatic carbocycles. The molecule has 0 amide bonds. The van der Waals surface area contributed by atoms with Crippen LogP contribution in [-0.4, -0.2) is 40.7 Å². The first-order chi connectivity index (χ1) is 13.0. The fraction of sp³-hybridized carbons (Fsp3) is 0.350. The molecule has 5 nitrogen and oxygen atoms in total. The van der Waals surface area contributed by atoms with Crippen molar-refractivity contribution in [3.63, 3.8) is 0 Å². The summed E-state index contributed by atoms with van der Waals surface area (Å²) in [4.78, 5) is 4.80. The predicted octanol–water partition coefficient (Wildman–Crippen LogP) is 4.83. The third-order valence-corrected chi connectivity index (χ3v) is 6.03. The minimum absolute atomic E-state index is 0.629. The molecular formula is C20H21Br2NO4. The molecule has 0 N–H and O–H groups in total. The summed E-state index contributed by atoms with van der Waals surface area (Å²) in [6.07, 6.45) is 1.48. The number of ether oxygens (including phenoxy) is 4. The van der Waals surface area contributed by atoms with Gasteiger partial charge in [-0.15, -0.1) is 0 Å². The lowest BCUT2D eigenvalue weighted by atomic mass is 9.92. The van der Waals surface area contributed by atoms with Crippen molar-refractivity contribution in [1.82, 2.24) is 0 Å². The van der Waals surface area contributed by atoms with E-state index in [0.29, 0.717) is 29.4 Å². The van der Waals surface area contributed by atoms with Gasteiger partial charge in [0, 0.05) is 27.5 Å². The van der Waals surface area contributed by atoms with E-state index in [1.165, 1.54) is 5.56 Å². The Balaban J connectivity index is 2.09. The van der Waals surface area contributed by atoms with E-state index < -0.39 is 0 Å². The highest BCUT2D eigenvalue weighted by molar-refractivity contribution is 9.10. The van der Waals surface area contributed by atoms with Crippen LogP contribution in [0.1, 0.15) is 16.7 Å². The fourth-order valence-electron chi connectivity index (χ4n) is 3.29. The fourth-order valence-corrected chi connectivity index (χ4v) is 4.36. The van der Waals surface area contributed by atoms with Gasteiger partial charge in [-0.1, -0.05) is 31.9 Å². The van der Waals surface area contributed by atoms with Gasteiger partial charge < -0.3 is 18.9 Å². The number of benzene rings is 2. The lowest BCUT2D eigenvalue weighted by Crippen LogP contribution is -2.18. The second kappa shape index (κ2) is 8.52. The van der Waals surface area contributed by atoms with Crippen LogP contribution in [0.15, 0.2) is 32.1 Å². The van der Waals surface area contributed by atoms with Crippen molar-refractivity contribution in [1.29, 1.82) is 0 Å². The number of halogens is 2. The van der Waals surface area contributed by atoms with E-state index in [2.05, 4.69) is 31.9 Å². The normalized spacial score (nSPS) is 12.9. The first-order valence-electron chi connectivity index (χ1n) is 8.41. The van der Waals surface area contributed by atoms with Crippen LogP contribution >= 0.6 is 31.9 Å². The Hall–Kier alpha value is -1.73. The number of aliphatic imine (C=N–C) groups is 1. The van der Waals surface area contributed by atoms with Gasteiger partial charge in [-0.25, -0.2) is 0 Å². The summed E-state index contributed by atoms with van der Waals surface area (Å²) in [5.74, 6) is 2.77. The van der Waals surface area contributed by atoms with Crippen molar-refractivity contribution in [2.24, 2.45) is 4.99 Å². The highest BCUT2D eigenvalue weighted by atomic mass is 79.9. The van der Waals surface area contributed by atoms with Gasteiger partial charge in [0.15, 0.2) is 23.0 Å². The molecule has 0 spiro atoms. The van der Waals surface area contributed by atoms with Crippen molar-refractivity contribution in [2.75, 3.05) is 35.0 Å². The minimum Gasteiger partial charge on any atom is -0.493 e. The van der Waals surface area contributed by atoms with E-state index in [-0.39, 0.29) is 0 Å². The summed E-state index contributed by atoms with van der Waals surface area (Å²) in [6.45, 7) is 0.737. The maximum absolute atomic E-state index is 5.69. The quantitative estimate of drug-likeness (QED) is 0.572. The molecule has 144 valence electrons. The van der Waals surface area contributed by atoms with Gasteiger partial charge in [0.2, 0.25) is 0 Å². The van der Waals surface area contributed by atoms with E-state index in [9.17, 15) is 0 Å². The average Bonchev–Trinajstić information content (AvgIpc) is 2.69. The van der Waals surface area contributed by atoms with E-state index in [0.717, 1.165) is 38.7 Å². The van der Waals surface area contributed by atoms with Crippen LogP contribution < -0.4 is 18.9 Å². The van der Waals surface area contributed by atoms with Crippen LogP contribution in [0.4, 0.5) is 0 Å². The molecule has 7 heteroatoms. The van der Waals surface area contributed by atoms with Crippen molar-refractivity contribution in [3.05, 3.63) is 43.8 Å². The molecule has 3 rings (SSSR count). The summed E-state index contributed by atoms with van der Waals surface area (Å²) in [6, 6.07) is 5.84. The highest BCUT2D eigenvalue weighted by Gasteiger charge is 2.26. The Bertz CT molecular complexity index is 896.